The zero-order valence-electron chi connectivity index (χ0n) is 4.76. The second kappa shape index (κ2) is 2.14. The van der Waals surface area contributed by atoms with Crippen molar-refractivity contribution in [3.8, 4) is 6.07 Å². The summed E-state index contributed by atoms with van der Waals surface area (Å²) in [5.41, 5.74) is 5.90. The third-order valence-corrected chi connectivity index (χ3v) is 0.966. The SMILES string of the molecule is N#Cc1ccc(N)[nH+]c1. The van der Waals surface area contributed by atoms with Gasteiger partial charge in [-0.25, -0.2) is 4.98 Å². The van der Waals surface area contributed by atoms with E-state index >= 15 is 0 Å². The van der Waals surface area contributed by atoms with Gasteiger partial charge in [0.2, 0.25) is 0 Å². The predicted octanol–water partition coefficient (Wildman–Crippen LogP) is -0.0454. The Hall–Kier alpha value is -1.56. The van der Waals surface area contributed by atoms with Gasteiger partial charge in [-0.3, -0.25) is 5.73 Å². The van der Waals surface area contributed by atoms with E-state index < -0.39 is 0 Å². The van der Waals surface area contributed by atoms with Gasteiger partial charge < -0.3 is 0 Å². The molecule has 0 unspecified atom stereocenters. The third kappa shape index (κ3) is 1.16. The molecule has 1 rings (SSSR count). The lowest BCUT2D eigenvalue weighted by Crippen LogP contribution is -2.08. The van der Waals surface area contributed by atoms with Crippen LogP contribution in [-0.4, -0.2) is 0 Å². The van der Waals surface area contributed by atoms with Gasteiger partial charge in [-0.15, -0.1) is 0 Å². The molecule has 0 radical (unpaired) electrons. The summed E-state index contributed by atoms with van der Waals surface area (Å²) in [4.78, 5) is 2.71. The van der Waals surface area contributed by atoms with Crippen molar-refractivity contribution < 1.29 is 4.98 Å². The number of aromatic nitrogens is 1. The number of nitrogens with zero attached hydrogens (tertiary/aromatic N) is 1. The topological polar surface area (TPSA) is 64.0 Å². The first kappa shape index (κ1) is 5.57. The number of anilines is 1. The first-order valence-corrected chi connectivity index (χ1v) is 2.50. The standard InChI is InChI=1S/C6H5N3/c7-3-5-1-2-6(8)9-4-5/h1-2,4H,(H2,8,9)/p+1. The highest BCUT2D eigenvalue weighted by atomic mass is 14.8. The Bertz CT molecular complexity index is 231. The summed E-state index contributed by atoms with van der Waals surface area (Å²) < 4.78 is 0. The maximum atomic E-state index is 8.32. The molecular weight excluding hydrogens is 114 g/mol. The fourth-order valence-electron chi connectivity index (χ4n) is 0.506. The van der Waals surface area contributed by atoms with Crippen LogP contribution in [0.2, 0.25) is 0 Å². The van der Waals surface area contributed by atoms with E-state index in [0.717, 1.165) is 0 Å². The molecule has 3 N–H and O–H groups in total. The Morgan fingerprint density at radius 1 is 1.56 bits per heavy atom. The second-order valence-electron chi connectivity index (χ2n) is 1.64. The molecule has 0 aliphatic heterocycles. The Labute approximate surface area is 52.7 Å². The quantitative estimate of drug-likeness (QED) is 0.522. The minimum atomic E-state index is 0.564. The number of nitriles is 1. The molecule has 0 spiro atoms. The van der Waals surface area contributed by atoms with Crippen molar-refractivity contribution in [3.05, 3.63) is 23.9 Å². The van der Waals surface area contributed by atoms with E-state index in [1.54, 1.807) is 18.3 Å². The molecule has 1 aromatic heterocycles. The average molecular weight is 120 g/mol. The number of nitrogens with one attached hydrogen (secondary N) is 1. The van der Waals surface area contributed by atoms with Crippen LogP contribution < -0.4 is 10.7 Å². The lowest BCUT2D eigenvalue weighted by molar-refractivity contribution is -0.360. The van der Waals surface area contributed by atoms with Gasteiger partial charge in [-0.05, 0) is 6.07 Å². The van der Waals surface area contributed by atoms with E-state index in [9.17, 15) is 0 Å². The minimum Gasteiger partial charge on any atom is -0.287 e. The van der Waals surface area contributed by atoms with Crippen LogP contribution in [-0.2, 0) is 0 Å². The van der Waals surface area contributed by atoms with E-state index in [0.29, 0.717) is 11.4 Å². The monoisotopic (exact) mass is 120 g/mol. The molecule has 0 atom stereocenters. The van der Waals surface area contributed by atoms with Gasteiger partial charge in [0.15, 0.2) is 0 Å². The van der Waals surface area contributed by atoms with Gasteiger partial charge in [0, 0.05) is 6.07 Å². The van der Waals surface area contributed by atoms with Crippen LogP contribution in [0.25, 0.3) is 0 Å². The van der Waals surface area contributed by atoms with Crippen LogP contribution in [0.1, 0.15) is 5.56 Å². The first-order valence-electron chi connectivity index (χ1n) is 2.50. The number of pyridine rings is 1. The highest BCUT2D eigenvalue weighted by Crippen LogP contribution is 1.92. The highest BCUT2D eigenvalue weighted by Gasteiger charge is 1.91. The Kier molecular flexibility index (Phi) is 1.32. The fraction of sp³-hybridized carbons (Fsp3) is 0. The molecule has 0 fully saturated rings. The van der Waals surface area contributed by atoms with Crippen molar-refractivity contribution in [2.75, 3.05) is 5.73 Å². The number of H-pyrrole nitrogens is 1. The van der Waals surface area contributed by atoms with E-state index in [1.165, 1.54) is 0 Å². The van der Waals surface area contributed by atoms with Crippen LogP contribution >= 0.6 is 0 Å². The summed E-state index contributed by atoms with van der Waals surface area (Å²) in [5, 5.41) is 8.32. The van der Waals surface area contributed by atoms with Crippen molar-refractivity contribution >= 4 is 5.82 Å². The molecule has 1 aromatic rings. The third-order valence-electron chi connectivity index (χ3n) is 0.966. The number of aromatic amines is 1. The van der Waals surface area contributed by atoms with Crippen LogP contribution in [0.3, 0.4) is 0 Å². The largest absolute Gasteiger partial charge is 0.287 e. The molecule has 0 aromatic carbocycles. The smallest absolute Gasteiger partial charge is 0.270 e. The van der Waals surface area contributed by atoms with E-state index in [2.05, 4.69) is 4.98 Å². The first-order chi connectivity index (χ1) is 4.33. The summed E-state index contributed by atoms with van der Waals surface area (Å²) in [5.74, 6) is 0.564. The van der Waals surface area contributed by atoms with Gasteiger partial charge in [0.1, 0.15) is 12.3 Å². The van der Waals surface area contributed by atoms with Crippen molar-refractivity contribution in [1.82, 2.24) is 0 Å². The Morgan fingerprint density at radius 3 is 2.78 bits per heavy atom. The number of nitrogen functional groups attached to an aromatic ring is 1. The molecule has 0 bridgehead atoms. The molecule has 0 aliphatic rings. The predicted molar refractivity (Wildman–Crippen MR) is 32.1 cm³/mol. The molecule has 0 amide bonds. The van der Waals surface area contributed by atoms with Crippen molar-refractivity contribution in [2.45, 2.75) is 0 Å². The van der Waals surface area contributed by atoms with Gasteiger partial charge in [-0.1, -0.05) is 0 Å². The molecule has 1 heterocycles. The minimum absolute atomic E-state index is 0.564. The molecule has 9 heavy (non-hydrogen) atoms. The van der Waals surface area contributed by atoms with Crippen molar-refractivity contribution in [2.24, 2.45) is 0 Å². The lowest BCUT2D eigenvalue weighted by Gasteiger charge is -1.82. The van der Waals surface area contributed by atoms with Gasteiger partial charge in [0.05, 0.1) is 5.56 Å². The number of nitrogens with two attached hydrogens (primary N) is 1. The Balaban J connectivity index is 3.06. The molecule has 0 saturated heterocycles. The van der Waals surface area contributed by atoms with E-state index in [1.807, 2.05) is 6.07 Å². The summed E-state index contributed by atoms with van der Waals surface area (Å²) in [7, 11) is 0. The number of hydrogen-bond acceptors (Lipinski definition) is 2. The average Bonchev–Trinajstić information content (AvgIpc) is 1.90. The molecular formula is C6H6N3+. The molecule has 0 aliphatic carbocycles. The zero-order valence-corrected chi connectivity index (χ0v) is 4.76. The normalized spacial score (nSPS) is 8.33. The van der Waals surface area contributed by atoms with Crippen LogP contribution in [0.15, 0.2) is 18.3 Å². The molecule has 0 saturated carbocycles. The number of hydrogen-bond donors (Lipinski definition) is 1. The van der Waals surface area contributed by atoms with E-state index in [4.69, 9.17) is 11.0 Å². The van der Waals surface area contributed by atoms with Crippen LogP contribution in [0, 0.1) is 11.3 Å². The molecule has 3 heteroatoms. The maximum absolute atomic E-state index is 8.32. The zero-order chi connectivity index (χ0) is 6.69. The maximum Gasteiger partial charge on any atom is 0.270 e. The van der Waals surface area contributed by atoms with E-state index in [-0.39, 0.29) is 0 Å². The summed E-state index contributed by atoms with van der Waals surface area (Å²) in [6.45, 7) is 0. The van der Waals surface area contributed by atoms with Crippen molar-refractivity contribution in [3.63, 3.8) is 0 Å². The van der Waals surface area contributed by atoms with Gasteiger partial charge >= 0.3 is 0 Å². The van der Waals surface area contributed by atoms with Crippen LogP contribution in [0.4, 0.5) is 5.82 Å². The van der Waals surface area contributed by atoms with Crippen molar-refractivity contribution in [1.29, 1.82) is 5.26 Å². The second-order valence-corrected chi connectivity index (χ2v) is 1.64. The summed E-state index contributed by atoms with van der Waals surface area (Å²) in [6, 6.07) is 5.28. The number of rotatable bonds is 0. The summed E-state index contributed by atoms with van der Waals surface area (Å²) >= 11 is 0. The summed E-state index contributed by atoms with van der Waals surface area (Å²) in [6.07, 6.45) is 1.56. The molecule has 44 valence electrons. The van der Waals surface area contributed by atoms with Gasteiger partial charge in [0.25, 0.3) is 5.82 Å². The highest BCUT2D eigenvalue weighted by molar-refractivity contribution is 5.29. The van der Waals surface area contributed by atoms with Gasteiger partial charge in [-0.2, -0.15) is 5.26 Å². The molecule has 3 nitrogen and oxygen atoms in total. The Morgan fingerprint density at radius 2 is 2.33 bits per heavy atom. The van der Waals surface area contributed by atoms with Crippen LogP contribution in [0.5, 0.6) is 0 Å². The fourth-order valence-corrected chi connectivity index (χ4v) is 0.506. The lowest BCUT2D eigenvalue weighted by atomic mass is 10.3.